The number of H-pyrrole nitrogens is 1. The molecule has 23 heavy (non-hydrogen) atoms. The SMILES string of the molecule is Cc1cccnc1CSc1nc2cc3c(cc2[nH]1)OC(F)(F)O3. The molecule has 0 aliphatic carbocycles. The second-order valence-corrected chi connectivity index (χ2v) is 6.05. The highest BCUT2D eigenvalue weighted by atomic mass is 32.2. The first-order valence-corrected chi connectivity index (χ1v) is 7.82. The summed E-state index contributed by atoms with van der Waals surface area (Å²) in [4.78, 5) is 11.8. The number of thioether (sulfide) groups is 1. The van der Waals surface area contributed by atoms with Crippen LogP contribution in [0.4, 0.5) is 8.78 Å². The monoisotopic (exact) mass is 335 g/mol. The highest BCUT2D eigenvalue weighted by Crippen LogP contribution is 2.43. The summed E-state index contributed by atoms with van der Waals surface area (Å²) >= 11 is 1.49. The summed E-state index contributed by atoms with van der Waals surface area (Å²) in [5, 5.41) is 0.681. The molecule has 0 unspecified atom stereocenters. The van der Waals surface area contributed by atoms with Crippen LogP contribution in [0.3, 0.4) is 0 Å². The Morgan fingerprint density at radius 1 is 1.26 bits per heavy atom. The van der Waals surface area contributed by atoms with E-state index >= 15 is 0 Å². The van der Waals surface area contributed by atoms with Crippen LogP contribution in [0.1, 0.15) is 11.3 Å². The van der Waals surface area contributed by atoms with Crippen LogP contribution in [0, 0.1) is 6.92 Å². The summed E-state index contributed by atoms with van der Waals surface area (Å²) in [6.07, 6.45) is -1.86. The Morgan fingerprint density at radius 2 is 2.04 bits per heavy atom. The predicted octanol–water partition coefficient (Wildman–Crippen LogP) is 3.88. The molecule has 1 aliphatic heterocycles. The van der Waals surface area contributed by atoms with Crippen molar-refractivity contribution in [2.24, 2.45) is 0 Å². The first kappa shape index (κ1) is 14.3. The zero-order valence-corrected chi connectivity index (χ0v) is 12.8. The zero-order valence-electron chi connectivity index (χ0n) is 12.0. The zero-order chi connectivity index (χ0) is 16.0. The molecule has 2 aromatic heterocycles. The number of nitrogens with one attached hydrogen (secondary N) is 1. The quantitative estimate of drug-likeness (QED) is 0.736. The minimum Gasteiger partial charge on any atom is -0.395 e. The fourth-order valence-corrected chi connectivity index (χ4v) is 3.23. The lowest BCUT2D eigenvalue weighted by atomic mass is 10.2. The van der Waals surface area contributed by atoms with Crippen molar-refractivity contribution in [3.8, 4) is 11.5 Å². The molecule has 0 fully saturated rings. The molecule has 0 atom stereocenters. The smallest absolute Gasteiger partial charge is 0.395 e. The lowest BCUT2D eigenvalue weighted by molar-refractivity contribution is -0.286. The molecule has 8 heteroatoms. The third-order valence-corrected chi connectivity index (χ3v) is 4.33. The molecule has 0 saturated carbocycles. The molecule has 1 aliphatic rings. The highest BCUT2D eigenvalue weighted by molar-refractivity contribution is 7.98. The van der Waals surface area contributed by atoms with E-state index in [1.54, 1.807) is 6.20 Å². The molecule has 118 valence electrons. The van der Waals surface area contributed by atoms with Crippen molar-refractivity contribution < 1.29 is 18.3 Å². The van der Waals surface area contributed by atoms with Crippen molar-refractivity contribution in [2.75, 3.05) is 0 Å². The first-order chi connectivity index (χ1) is 11.0. The molecule has 0 spiro atoms. The number of imidazole rings is 1. The fraction of sp³-hybridized carbons (Fsp3) is 0.200. The second-order valence-electron chi connectivity index (χ2n) is 5.08. The van der Waals surface area contributed by atoms with Gasteiger partial charge in [-0.05, 0) is 18.6 Å². The molecular formula is C15H11F2N3O2S. The summed E-state index contributed by atoms with van der Waals surface area (Å²) in [6, 6.07) is 6.80. The van der Waals surface area contributed by atoms with Gasteiger partial charge >= 0.3 is 6.29 Å². The van der Waals surface area contributed by atoms with E-state index in [2.05, 4.69) is 24.4 Å². The first-order valence-electron chi connectivity index (χ1n) is 6.83. The van der Waals surface area contributed by atoms with Crippen LogP contribution in [0.25, 0.3) is 11.0 Å². The largest absolute Gasteiger partial charge is 0.586 e. The number of hydrogen-bond acceptors (Lipinski definition) is 5. The van der Waals surface area contributed by atoms with Crippen molar-refractivity contribution in [1.29, 1.82) is 0 Å². The minimum atomic E-state index is -3.62. The summed E-state index contributed by atoms with van der Waals surface area (Å²) < 4.78 is 34.9. The number of fused-ring (bicyclic) bond motifs is 2. The Hall–Kier alpha value is -2.35. The lowest BCUT2D eigenvalue weighted by Gasteiger charge is -2.04. The Morgan fingerprint density at radius 3 is 2.83 bits per heavy atom. The summed E-state index contributed by atoms with van der Waals surface area (Å²) in [5.41, 5.74) is 3.25. The van der Waals surface area contributed by atoms with Gasteiger partial charge in [0, 0.05) is 24.1 Å². The fourth-order valence-electron chi connectivity index (χ4n) is 2.31. The van der Waals surface area contributed by atoms with Gasteiger partial charge in [0.05, 0.1) is 16.7 Å². The Labute approximate surface area is 134 Å². The molecule has 1 N–H and O–H groups in total. The minimum absolute atomic E-state index is 0.00303. The maximum Gasteiger partial charge on any atom is 0.586 e. The standard InChI is InChI=1S/C15H11F2N3O2S/c1-8-3-2-4-18-11(8)7-23-14-19-9-5-12-13(6-10(9)20-14)22-15(16,17)21-12/h2-6H,7H2,1H3,(H,19,20). The molecule has 0 saturated heterocycles. The van der Waals surface area contributed by atoms with Crippen LogP contribution in [0.2, 0.25) is 0 Å². The van der Waals surface area contributed by atoms with Crippen LogP contribution in [-0.4, -0.2) is 21.2 Å². The number of aromatic nitrogens is 3. The van der Waals surface area contributed by atoms with Crippen molar-refractivity contribution in [3.05, 3.63) is 41.7 Å². The van der Waals surface area contributed by atoms with Gasteiger partial charge in [-0.25, -0.2) is 4.98 Å². The number of benzene rings is 1. The number of pyridine rings is 1. The summed E-state index contributed by atoms with van der Waals surface area (Å²) in [7, 11) is 0. The van der Waals surface area contributed by atoms with E-state index in [1.807, 2.05) is 19.1 Å². The summed E-state index contributed by atoms with van der Waals surface area (Å²) in [6.45, 7) is 2.00. The average Bonchev–Trinajstić information content (AvgIpc) is 3.00. The molecule has 5 nitrogen and oxygen atoms in total. The van der Waals surface area contributed by atoms with Crippen LogP contribution in [0.15, 0.2) is 35.6 Å². The lowest BCUT2D eigenvalue weighted by Crippen LogP contribution is -2.25. The Kier molecular flexibility index (Phi) is 3.15. The number of aromatic amines is 1. The normalized spacial score (nSPS) is 15.3. The maximum atomic E-state index is 13.0. The average molecular weight is 335 g/mol. The van der Waals surface area contributed by atoms with Crippen molar-refractivity contribution >= 4 is 22.8 Å². The topological polar surface area (TPSA) is 60.0 Å². The van der Waals surface area contributed by atoms with Crippen molar-refractivity contribution in [1.82, 2.24) is 15.0 Å². The van der Waals surface area contributed by atoms with E-state index in [0.717, 1.165) is 11.3 Å². The molecule has 4 rings (SSSR count). The number of nitrogens with zero attached hydrogens (tertiary/aromatic N) is 2. The number of hydrogen-bond donors (Lipinski definition) is 1. The Bertz CT molecular complexity index is 853. The van der Waals surface area contributed by atoms with E-state index in [4.69, 9.17) is 0 Å². The summed E-state index contributed by atoms with van der Waals surface area (Å²) in [5.74, 6) is 0.659. The van der Waals surface area contributed by atoms with Crippen molar-refractivity contribution in [3.63, 3.8) is 0 Å². The second kappa shape index (κ2) is 5.09. The van der Waals surface area contributed by atoms with E-state index < -0.39 is 6.29 Å². The van der Waals surface area contributed by atoms with Crippen molar-refractivity contribution in [2.45, 2.75) is 24.1 Å². The number of alkyl halides is 2. The Balaban J connectivity index is 1.58. The van der Waals surface area contributed by atoms with Crippen LogP contribution in [0.5, 0.6) is 11.5 Å². The van der Waals surface area contributed by atoms with Gasteiger partial charge in [-0.3, -0.25) is 4.98 Å². The van der Waals surface area contributed by atoms with Gasteiger partial charge in [-0.1, -0.05) is 17.8 Å². The number of rotatable bonds is 3. The third-order valence-electron chi connectivity index (χ3n) is 3.45. The molecule has 3 heterocycles. The van der Waals surface area contributed by atoms with Gasteiger partial charge < -0.3 is 14.5 Å². The number of aryl methyl sites for hydroxylation is 1. The van der Waals surface area contributed by atoms with E-state index in [1.165, 1.54) is 23.9 Å². The molecule has 1 aromatic carbocycles. The molecule has 0 bridgehead atoms. The van der Waals surface area contributed by atoms with E-state index in [0.29, 0.717) is 21.9 Å². The van der Waals surface area contributed by atoms with Crippen LogP contribution in [-0.2, 0) is 5.75 Å². The van der Waals surface area contributed by atoms with E-state index in [9.17, 15) is 8.78 Å². The molecule has 3 aromatic rings. The van der Waals surface area contributed by atoms with E-state index in [-0.39, 0.29) is 11.5 Å². The van der Waals surface area contributed by atoms with Gasteiger partial charge in [0.1, 0.15) is 0 Å². The third kappa shape index (κ3) is 2.70. The van der Waals surface area contributed by atoms with Gasteiger partial charge in [0.2, 0.25) is 0 Å². The number of halogens is 2. The van der Waals surface area contributed by atoms with Gasteiger partial charge in [0.25, 0.3) is 0 Å². The van der Waals surface area contributed by atoms with Gasteiger partial charge in [-0.15, -0.1) is 8.78 Å². The van der Waals surface area contributed by atoms with Crippen LogP contribution < -0.4 is 9.47 Å². The van der Waals surface area contributed by atoms with Gasteiger partial charge in [-0.2, -0.15) is 0 Å². The maximum absolute atomic E-state index is 13.0. The molecule has 0 amide bonds. The number of ether oxygens (including phenoxy) is 2. The predicted molar refractivity (Wildman–Crippen MR) is 80.8 cm³/mol. The van der Waals surface area contributed by atoms with Gasteiger partial charge in [0.15, 0.2) is 16.7 Å². The molecule has 0 radical (unpaired) electrons. The molecular weight excluding hydrogens is 324 g/mol. The highest BCUT2D eigenvalue weighted by Gasteiger charge is 2.43. The van der Waals surface area contributed by atoms with Crippen LogP contribution >= 0.6 is 11.8 Å².